The normalized spacial score (nSPS) is 27.4. The van der Waals surface area contributed by atoms with Crippen molar-refractivity contribution < 1.29 is 190 Å². The molecule has 3 N–H and O–H groups in total. The number of amides is 3. The molecule has 0 radical (unpaired) electrons. The Balaban J connectivity index is 1.41. The maximum absolute atomic E-state index is 15.2. The van der Waals surface area contributed by atoms with E-state index < -0.39 is 287 Å². The number of nitrogens with one attached hydrogen (secondary N) is 3. The second-order valence-corrected chi connectivity index (χ2v) is 29.2. The molecule has 0 bridgehead atoms. The van der Waals surface area contributed by atoms with Crippen LogP contribution in [0, 0.1) is 0 Å². The van der Waals surface area contributed by atoms with Crippen LogP contribution in [0.15, 0.2) is 48.5 Å². The Morgan fingerprint density at radius 3 is 1.37 bits per heavy atom. The van der Waals surface area contributed by atoms with Crippen LogP contribution in [0.25, 0.3) is 11.1 Å². The third-order valence-electron chi connectivity index (χ3n) is 18.2. The Labute approximate surface area is 693 Å². The zero-order chi connectivity index (χ0) is 89.8. The molecule has 0 aromatic heterocycles. The van der Waals surface area contributed by atoms with Crippen LogP contribution in [0.2, 0.25) is 0 Å². The molecule has 0 spiro atoms. The molecule has 1 aliphatic carbocycles. The highest BCUT2D eigenvalue weighted by atomic mass is 16.8. The lowest BCUT2D eigenvalue weighted by Gasteiger charge is -2.53. The molecule has 4 saturated heterocycles. The van der Waals surface area contributed by atoms with Crippen molar-refractivity contribution >= 4 is 101 Å². The molecule has 3 amide bonds. The van der Waals surface area contributed by atoms with Gasteiger partial charge in [-0.05, 0) is 43.0 Å². The predicted molar refractivity (Wildman–Crippen MR) is 395 cm³/mol. The molecular formula is C78H101N3O40. The summed E-state index contributed by atoms with van der Waals surface area (Å²) in [5.74, 6) is -22.0. The number of hydrogen-bond acceptors (Lipinski definition) is 40. The van der Waals surface area contributed by atoms with Gasteiger partial charge < -0.3 is 125 Å². The van der Waals surface area contributed by atoms with Gasteiger partial charge in [-0.3, -0.25) is 67.1 Å². The highest BCUT2D eigenvalue weighted by Crippen LogP contribution is 2.46. The SMILES string of the molecule is COC(=O)C1(O[C@H]2[C@@H](OC(C)=O)[C@@H](COC(C)=O)O[C@@H](O[C@H]3[C@H](OC(C)=O)[C@@H](NC(C)=O)[C@H](O[C@@H]4[C@@H](OC[C@H](NC(=O)OCC5c6ccccc6-c6ccccc65)C(=O)OC(C)(C)C)O[C@H](COC(C)=O)[C@@H](OC(C)=O)[C@@H]4OC(C)=O)O[C@@H]3COC(C)=O)[C@@H]2OC(C)=O)C[C@H](OC(C)=O)[C@@H](NC(C)=O)[C@H]([C@H](OC(C)=O)[C@@H](COC(C)=O)OC(C)=O)O1. The molecule has 4 heterocycles. The van der Waals surface area contributed by atoms with Crippen molar-refractivity contribution in [2.45, 2.75) is 270 Å². The molecule has 2 aromatic rings. The Hall–Kier alpha value is -11.1. The first kappa shape index (κ1) is 97.0. The van der Waals surface area contributed by atoms with Crippen LogP contribution in [0.3, 0.4) is 0 Å². The van der Waals surface area contributed by atoms with Crippen molar-refractivity contribution in [1.82, 2.24) is 16.0 Å². The predicted octanol–water partition coefficient (Wildman–Crippen LogP) is 0.956. The lowest BCUT2D eigenvalue weighted by molar-refractivity contribution is -0.389. The lowest BCUT2D eigenvalue weighted by atomic mass is 9.87. The molecule has 668 valence electrons. The number of carbonyl (C=O) groups excluding carboxylic acids is 17. The fourth-order valence-electron chi connectivity index (χ4n) is 14.1. The summed E-state index contributed by atoms with van der Waals surface area (Å²) in [5, 5.41) is 7.50. The van der Waals surface area contributed by atoms with Crippen LogP contribution in [0.5, 0.6) is 0 Å². The van der Waals surface area contributed by atoms with E-state index in [1.165, 1.54) is 20.8 Å². The second-order valence-electron chi connectivity index (χ2n) is 29.2. The smallest absolute Gasteiger partial charge is 0.407 e. The number of esters is 14. The molecule has 43 nitrogen and oxygen atoms in total. The molecule has 2 aromatic carbocycles. The molecule has 7 rings (SSSR count). The average Bonchev–Trinajstić information content (AvgIpc) is 1.44. The van der Waals surface area contributed by atoms with Gasteiger partial charge in [0.25, 0.3) is 5.79 Å². The first-order valence-electron chi connectivity index (χ1n) is 37.9. The van der Waals surface area contributed by atoms with Crippen molar-refractivity contribution in [3.8, 4) is 11.1 Å². The fourth-order valence-corrected chi connectivity index (χ4v) is 14.1. The molecular weight excluding hydrogens is 1620 g/mol. The van der Waals surface area contributed by atoms with Crippen LogP contribution in [-0.2, 0) is 186 Å². The molecule has 43 heteroatoms. The maximum Gasteiger partial charge on any atom is 0.407 e. The van der Waals surface area contributed by atoms with Crippen molar-refractivity contribution in [3.63, 3.8) is 0 Å². The summed E-state index contributed by atoms with van der Waals surface area (Å²) in [5.41, 5.74) is 2.19. The van der Waals surface area contributed by atoms with Gasteiger partial charge in [-0.2, -0.15) is 0 Å². The number of hydrogen-bond donors (Lipinski definition) is 3. The maximum atomic E-state index is 15.2. The number of benzene rings is 2. The highest BCUT2D eigenvalue weighted by molar-refractivity contribution is 5.83. The van der Waals surface area contributed by atoms with Crippen molar-refractivity contribution in [2.24, 2.45) is 0 Å². The molecule has 5 aliphatic rings. The van der Waals surface area contributed by atoms with E-state index in [0.29, 0.717) is 0 Å². The third kappa shape index (κ3) is 27.5. The van der Waals surface area contributed by atoms with Gasteiger partial charge in [0.15, 0.2) is 73.7 Å². The van der Waals surface area contributed by atoms with E-state index in [1.807, 2.05) is 48.5 Å². The summed E-state index contributed by atoms with van der Waals surface area (Å²) in [4.78, 5) is 230. The van der Waals surface area contributed by atoms with Crippen molar-refractivity contribution in [3.05, 3.63) is 59.7 Å². The van der Waals surface area contributed by atoms with Crippen molar-refractivity contribution in [1.29, 1.82) is 0 Å². The zero-order valence-corrected chi connectivity index (χ0v) is 69.6. The van der Waals surface area contributed by atoms with Gasteiger partial charge in [0.1, 0.15) is 87.4 Å². The highest BCUT2D eigenvalue weighted by Gasteiger charge is 2.65. The van der Waals surface area contributed by atoms with Gasteiger partial charge in [-0.15, -0.1) is 0 Å². The Morgan fingerprint density at radius 1 is 0.446 bits per heavy atom. The Bertz CT molecular complexity index is 4080. The number of alkyl carbamates (subject to hydrolysis) is 1. The molecule has 0 saturated carbocycles. The number of ether oxygens (including phenoxy) is 23. The van der Waals surface area contributed by atoms with Crippen LogP contribution in [0.4, 0.5) is 4.79 Å². The molecule has 121 heavy (non-hydrogen) atoms. The van der Waals surface area contributed by atoms with E-state index in [9.17, 15) is 76.7 Å². The minimum atomic E-state index is -3.32. The van der Waals surface area contributed by atoms with Gasteiger partial charge in [0, 0.05) is 103 Å². The monoisotopic (exact) mass is 1720 g/mol. The summed E-state index contributed by atoms with van der Waals surface area (Å²) >= 11 is 0. The summed E-state index contributed by atoms with van der Waals surface area (Å²) in [6, 6.07) is 9.09. The fraction of sp³-hybridized carbons (Fsp3) is 0.628. The minimum absolute atomic E-state index is 0.258. The van der Waals surface area contributed by atoms with Gasteiger partial charge in [-0.1, -0.05) is 48.5 Å². The minimum Gasteiger partial charge on any atom is -0.465 e. The van der Waals surface area contributed by atoms with Crippen LogP contribution in [-0.4, -0.2) is 288 Å². The molecule has 22 atom stereocenters. The van der Waals surface area contributed by atoms with Crippen molar-refractivity contribution in [2.75, 3.05) is 46.8 Å². The number of carbonyl (C=O) groups is 17. The molecule has 4 aliphatic heterocycles. The average molecular weight is 1720 g/mol. The first-order valence-corrected chi connectivity index (χ1v) is 37.9. The van der Waals surface area contributed by atoms with Gasteiger partial charge in [0.2, 0.25) is 11.8 Å². The van der Waals surface area contributed by atoms with Crippen LogP contribution in [0.1, 0.15) is 141 Å². The lowest BCUT2D eigenvalue weighted by Crippen LogP contribution is -2.72. The van der Waals surface area contributed by atoms with Gasteiger partial charge >= 0.3 is 89.7 Å². The molecule has 4 fully saturated rings. The summed E-state index contributed by atoms with van der Waals surface area (Å²) in [6.07, 6.45) is -41.1. The summed E-state index contributed by atoms with van der Waals surface area (Å²) < 4.78 is 138. The van der Waals surface area contributed by atoms with Crippen LogP contribution < -0.4 is 16.0 Å². The van der Waals surface area contributed by atoms with E-state index in [1.54, 1.807) is 0 Å². The summed E-state index contributed by atoms with van der Waals surface area (Å²) in [6.45, 7) is 12.1. The third-order valence-corrected chi connectivity index (χ3v) is 18.2. The van der Waals surface area contributed by atoms with E-state index in [0.717, 1.165) is 126 Å². The largest absolute Gasteiger partial charge is 0.465 e. The second kappa shape index (κ2) is 43.4. The number of fused-ring (bicyclic) bond motifs is 3. The van der Waals surface area contributed by atoms with Crippen LogP contribution >= 0.6 is 0 Å². The summed E-state index contributed by atoms with van der Waals surface area (Å²) in [7, 11) is 0.776. The Kier molecular flexibility index (Phi) is 34.8. The molecule has 1 unspecified atom stereocenters. The quantitative estimate of drug-likeness (QED) is 0.0649. The Morgan fingerprint density at radius 2 is 0.893 bits per heavy atom. The standard InChI is InChI=1S/C78H101N3O40/c1-34(82)79-59-54(106-40(7)88)27-78(75(97)99-18,119-66(59)62(108-42(9)90)55(107-41(8)89)30-100-36(3)84)120-68-64(110-44(11)92)58(33-103-39(6)87)116-74(70(68)113-47(14)95)117-61-56(31-101-37(4)85)114-72(60(80-35(2)83)65(61)111-45(12)93)118-69-67(112-46(13)94)63(109-43(10)91)57(32-102-38(5)86)115-73(69)104-29-53(71(96)121-77(15,16)17)81-76(98)105-28-52-50-25-21-19-23-48(50)49-24-20-22-26-51(49)52/h19-26,52-70,72-74H,27-33H2,1-18H3,(H,79,82)(H,80,83)(H,81,98)/t53-,54-,55+,56+,57+,58+,59+,60+,61+,62+,63+,64-,65+,66+,67-,68-,69-,70+,72-,73-,74-,78?/m0/s1. The zero-order valence-electron chi connectivity index (χ0n) is 69.6. The topological polar surface area (TPSA) is 539 Å². The number of methoxy groups -OCH3 is 1. The van der Waals surface area contributed by atoms with E-state index in [-0.39, 0.29) is 6.61 Å². The van der Waals surface area contributed by atoms with E-state index in [4.69, 9.17) is 109 Å². The number of rotatable bonds is 34. The van der Waals surface area contributed by atoms with E-state index in [2.05, 4.69) is 16.0 Å². The van der Waals surface area contributed by atoms with Gasteiger partial charge in [0.05, 0.1) is 26.2 Å². The van der Waals surface area contributed by atoms with E-state index >= 15 is 4.79 Å². The van der Waals surface area contributed by atoms with Gasteiger partial charge in [-0.25, -0.2) is 14.4 Å². The first-order chi connectivity index (χ1) is 56.8.